The fraction of sp³-hybridized carbons (Fsp3) is 1.00. The summed E-state index contributed by atoms with van der Waals surface area (Å²) in [6.45, 7) is 9.87. The van der Waals surface area contributed by atoms with Gasteiger partial charge >= 0.3 is 7.82 Å². The van der Waals surface area contributed by atoms with Crippen molar-refractivity contribution in [2.75, 3.05) is 26.2 Å². The smallest absolute Gasteiger partial charge is 0.389 e. The van der Waals surface area contributed by atoms with Gasteiger partial charge < -0.3 is 30.4 Å². The lowest BCUT2D eigenvalue weighted by molar-refractivity contribution is 0.0799. The second-order valence-corrected chi connectivity index (χ2v) is 10.9. The summed E-state index contributed by atoms with van der Waals surface area (Å²) in [5.74, 6) is 0. The van der Waals surface area contributed by atoms with Crippen LogP contribution in [0.25, 0.3) is 0 Å². The fourth-order valence-corrected chi connectivity index (χ4v) is 3.66. The van der Waals surface area contributed by atoms with E-state index >= 15 is 0 Å². The molecule has 0 heterocycles. The van der Waals surface area contributed by atoms with Gasteiger partial charge in [-0.05, 0) is 46.3 Å². The fourth-order valence-electron chi connectivity index (χ4n) is 3.66. The molecule has 0 unspecified atom stereocenters. The van der Waals surface area contributed by atoms with Crippen molar-refractivity contribution < 1.29 is 24.4 Å². The maximum absolute atomic E-state index is 9.60. The van der Waals surface area contributed by atoms with Crippen LogP contribution in [-0.2, 0) is 4.57 Å². The van der Waals surface area contributed by atoms with Crippen LogP contribution in [0.2, 0.25) is 0 Å². The summed E-state index contributed by atoms with van der Waals surface area (Å²) in [4.78, 5) is 21.6. The molecule has 0 aliphatic carbocycles. The Kier molecular flexibility index (Phi) is 26.7. The van der Waals surface area contributed by atoms with E-state index in [1.165, 1.54) is 103 Å². The Balaban J connectivity index is 0. The summed E-state index contributed by atoms with van der Waals surface area (Å²) < 4.78 is 8.88. The second kappa shape index (κ2) is 25.1. The normalized spacial score (nSPS) is 12.0. The molecular weight excluding hydrogens is 439 g/mol. The van der Waals surface area contributed by atoms with Gasteiger partial charge in [0.15, 0.2) is 0 Å². The zero-order chi connectivity index (χ0) is 25.3. The Morgan fingerprint density at radius 1 is 0.576 bits per heavy atom. The molecule has 0 bridgehead atoms. The molecule has 0 rings (SSSR count). The van der Waals surface area contributed by atoms with Crippen LogP contribution in [0.15, 0.2) is 0 Å². The van der Waals surface area contributed by atoms with Crippen LogP contribution < -0.4 is 10.6 Å². The molecule has 0 aromatic heterocycles. The largest absolute Gasteiger partial charge is 0.466 e. The van der Waals surface area contributed by atoms with Gasteiger partial charge in [-0.3, -0.25) is 0 Å². The third kappa shape index (κ3) is 46.1. The number of nitrogens with one attached hydrogen (secondary N) is 2. The van der Waals surface area contributed by atoms with Crippen molar-refractivity contribution in [2.24, 2.45) is 0 Å². The summed E-state index contributed by atoms with van der Waals surface area (Å²) in [5.41, 5.74) is -0.596. The van der Waals surface area contributed by atoms with Crippen molar-refractivity contribution in [3.8, 4) is 0 Å². The predicted molar refractivity (Wildman–Crippen MR) is 140 cm³/mol. The third-order valence-corrected chi connectivity index (χ3v) is 5.47. The van der Waals surface area contributed by atoms with Crippen molar-refractivity contribution in [3.63, 3.8) is 0 Å². The molecule has 0 saturated carbocycles. The number of hydrogen-bond donors (Lipinski definition) is 6. The quantitative estimate of drug-likeness (QED) is 0.0797. The highest BCUT2D eigenvalue weighted by atomic mass is 31.2. The summed E-state index contributed by atoms with van der Waals surface area (Å²) in [6, 6.07) is 0. The molecule has 0 amide bonds. The van der Waals surface area contributed by atoms with E-state index in [4.69, 9.17) is 19.2 Å². The summed E-state index contributed by atoms with van der Waals surface area (Å²) >= 11 is 0. The van der Waals surface area contributed by atoms with Gasteiger partial charge in [-0.25, -0.2) is 4.57 Å². The van der Waals surface area contributed by atoms with E-state index in [0.717, 1.165) is 26.1 Å². The first-order chi connectivity index (χ1) is 15.6. The number of aliphatic hydroxyl groups is 1. The first-order valence-electron chi connectivity index (χ1n) is 13.5. The molecule has 0 saturated heterocycles. The highest BCUT2D eigenvalue weighted by Crippen LogP contribution is 2.25. The maximum Gasteiger partial charge on any atom is 0.466 e. The molecule has 6 N–H and O–H groups in total. The molecule has 0 radical (unpaired) electrons. The molecule has 8 heteroatoms. The van der Waals surface area contributed by atoms with Gasteiger partial charge in [-0.2, -0.15) is 0 Å². The topological polar surface area (TPSA) is 122 Å². The number of phosphoric acid groups is 1. The zero-order valence-electron chi connectivity index (χ0n) is 22.0. The van der Waals surface area contributed by atoms with E-state index in [1.807, 2.05) is 13.8 Å². The van der Waals surface area contributed by atoms with Gasteiger partial charge in [-0.1, -0.05) is 103 Å². The molecule has 33 heavy (non-hydrogen) atoms. The summed E-state index contributed by atoms with van der Waals surface area (Å²) in [5, 5.41) is 16.4. The molecule has 0 fully saturated rings. The molecule has 0 aromatic rings. The van der Waals surface area contributed by atoms with Gasteiger partial charge in [-0.15, -0.1) is 0 Å². The minimum atomic E-state index is -4.64. The molecule has 0 aromatic carbocycles. The molecule has 7 nitrogen and oxygen atoms in total. The first-order valence-corrected chi connectivity index (χ1v) is 15.0. The third-order valence-electron chi connectivity index (χ3n) is 5.47. The van der Waals surface area contributed by atoms with Crippen molar-refractivity contribution in [2.45, 2.75) is 136 Å². The summed E-state index contributed by atoms with van der Waals surface area (Å²) in [7, 11) is -4.64. The average molecular weight is 497 g/mol. The SMILES string of the molecule is CCCCCCCCCCCCCCCCCCNCCCNCC(C)(C)O.O=P(O)(O)O. The monoisotopic (exact) mass is 496 g/mol. The van der Waals surface area contributed by atoms with Gasteiger partial charge in [0.25, 0.3) is 0 Å². The lowest BCUT2D eigenvalue weighted by Gasteiger charge is -2.17. The first kappa shape index (κ1) is 35.2. The van der Waals surface area contributed by atoms with Crippen LogP contribution in [-0.4, -0.2) is 51.6 Å². The molecule has 0 spiro atoms. The Hall–Kier alpha value is -0.0100. The standard InChI is InChI=1S/C25H54N2O.H3O4P/c1-4-5-6-7-8-9-10-11-12-13-14-15-16-17-18-19-21-26-22-20-23-27-24-25(2,3)28;1-5(2,3)4/h26-28H,4-24H2,1-3H3;(H3,1,2,3,4). The highest BCUT2D eigenvalue weighted by molar-refractivity contribution is 7.45. The Morgan fingerprint density at radius 3 is 1.24 bits per heavy atom. The lowest BCUT2D eigenvalue weighted by atomic mass is 10.0. The minimum absolute atomic E-state index is 0.596. The van der Waals surface area contributed by atoms with Crippen LogP contribution >= 0.6 is 7.82 Å². The van der Waals surface area contributed by atoms with Crippen LogP contribution in [0.1, 0.15) is 130 Å². The second-order valence-electron chi connectivity index (χ2n) is 9.91. The van der Waals surface area contributed by atoms with E-state index in [0.29, 0.717) is 6.54 Å². The van der Waals surface area contributed by atoms with Crippen molar-refractivity contribution in [1.82, 2.24) is 10.6 Å². The lowest BCUT2D eigenvalue weighted by Crippen LogP contribution is -2.35. The summed E-state index contributed by atoms with van der Waals surface area (Å²) in [6.07, 6.45) is 24.0. The zero-order valence-corrected chi connectivity index (χ0v) is 22.9. The van der Waals surface area contributed by atoms with Crippen molar-refractivity contribution in [1.29, 1.82) is 0 Å². The van der Waals surface area contributed by atoms with Crippen molar-refractivity contribution in [3.05, 3.63) is 0 Å². The predicted octanol–water partition coefficient (Wildman–Crippen LogP) is 5.66. The van der Waals surface area contributed by atoms with Gasteiger partial charge in [0.05, 0.1) is 5.60 Å². The van der Waals surface area contributed by atoms with Gasteiger partial charge in [0.1, 0.15) is 0 Å². The minimum Gasteiger partial charge on any atom is -0.389 e. The molecule has 0 aliphatic rings. The van der Waals surface area contributed by atoms with Crippen LogP contribution in [0, 0.1) is 0 Å². The molecule has 0 atom stereocenters. The average Bonchev–Trinajstić information content (AvgIpc) is 2.70. The van der Waals surface area contributed by atoms with E-state index in [9.17, 15) is 5.11 Å². The van der Waals surface area contributed by atoms with Crippen LogP contribution in [0.3, 0.4) is 0 Å². The van der Waals surface area contributed by atoms with E-state index < -0.39 is 13.4 Å². The Bertz CT molecular complexity index is 419. The molecular formula is C25H57N2O5P. The van der Waals surface area contributed by atoms with E-state index in [2.05, 4.69) is 17.6 Å². The van der Waals surface area contributed by atoms with E-state index in [1.54, 1.807) is 0 Å². The number of unbranched alkanes of at least 4 members (excludes halogenated alkanes) is 15. The Morgan fingerprint density at radius 2 is 0.879 bits per heavy atom. The van der Waals surface area contributed by atoms with Crippen LogP contribution in [0.4, 0.5) is 0 Å². The number of rotatable bonds is 23. The van der Waals surface area contributed by atoms with Gasteiger partial charge in [0.2, 0.25) is 0 Å². The van der Waals surface area contributed by atoms with E-state index in [-0.39, 0.29) is 0 Å². The maximum atomic E-state index is 9.60. The number of hydrogen-bond acceptors (Lipinski definition) is 4. The van der Waals surface area contributed by atoms with Crippen molar-refractivity contribution >= 4 is 7.82 Å². The highest BCUT2D eigenvalue weighted by Gasteiger charge is 2.10. The van der Waals surface area contributed by atoms with Crippen LogP contribution in [0.5, 0.6) is 0 Å². The van der Waals surface area contributed by atoms with Gasteiger partial charge in [0, 0.05) is 6.54 Å². The molecule has 0 aliphatic heterocycles. The Labute approximate surface area is 204 Å². The molecule has 202 valence electrons.